The van der Waals surface area contributed by atoms with E-state index in [2.05, 4.69) is 10.1 Å². The van der Waals surface area contributed by atoms with Gasteiger partial charge in [-0.2, -0.15) is 22.5 Å². The molecule has 3 aromatic rings. The molecule has 0 aliphatic carbocycles. The topological polar surface area (TPSA) is 88.8 Å². The lowest BCUT2D eigenvalue weighted by Crippen LogP contribution is -2.48. The lowest BCUT2D eigenvalue weighted by atomic mass is 10.1. The van der Waals surface area contributed by atoms with E-state index in [0.29, 0.717) is 37.1 Å². The highest BCUT2D eigenvalue weighted by Gasteiger charge is 2.32. The molecule has 182 valence electrons. The summed E-state index contributed by atoms with van der Waals surface area (Å²) in [6.45, 7) is 1.68. The number of methoxy groups -OCH3 is 1. The van der Waals surface area contributed by atoms with E-state index in [4.69, 9.17) is 9.26 Å². The quantitative estimate of drug-likeness (QED) is 0.495. The largest absolute Gasteiger partial charge is 0.497 e. The van der Waals surface area contributed by atoms with Crippen molar-refractivity contribution < 1.29 is 30.8 Å². The number of hydrogen-bond acceptors (Lipinski definition) is 7. The van der Waals surface area contributed by atoms with Gasteiger partial charge < -0.3 is 9.26 Å². The lowest BCUT2D eigenvalue weighted by Gasteiger charge is -2.33. The molecule has 0 unspecified atom stereocenters. The highest BCUT2D eigenvalue weighted by atomic mass is 32.2. The first kappa shape index (κ1) is 24.2. The Hall–Kier alpha value is -2.96. The van der Waals surface area contributed by atoms with Gasteiger partial charge in [-0.1, -0.05) is 23.4 Å². The summed E-state index contributed by atoms with van der Waals surface area (Å²) in [5.41, 5.74) is 0.0223. The van der Waals surface area contributed by atoms with Gasteiger partial charge in [0.2, 0.25) is 21.7 Å². The summed E-state index contributed by atoms with van der Waals surface area (Å²) >= 11 is 0. The number of alkyl halides is 3. The first-order chi connectivity index (χ1) is 16.1. The number of rotatable bonds is 7. The van der Waals surface area contributed by atoms with Crippen LogP contribution in [0.1, 0.15) is 17.0 Å². The average Bonchev–Trinajstić information content (AvgIpc) is 3.27. The van der Waals surface area contributed by atoms with Crippen LogP contribution in [0.3, 0.4) is 0 Å². The van der Waals surface area contributed by atoms with Crippen LogP contribution in [0.5, 0.6) is 5.75 Å². The molecule has 12 heteroatoms. The summed E-state index contributed by atoms with van der Waals surface area (Å²) in [6, 6.07) is 11.6. The second-order valence-corrected chi connectivity index (χ2v) is 9.84. The second kappa shape index (κ2) is 9.72. The predicted molar refractivity (Wildman–Crippen MR) is 117 cm³/mol. The molecule has 2 aromatic carbocycles. The van der Waals surface area contributed by atoms with Gasteiger partial charge in [-0.25, -0.2) is 8.42 Å². The minimum absolute atomic E-state index is 0.106. The molecule has 0 amide bonds. The van der Waals surface area contributed by atoms with Gasteiger partial charge >= 0.3 is 6.18 Å². The molecule has 34 heavy (non-hydrogen) atoms. The molecule has 1 fully saturated rings. The molecule has 2 heterocycles. The molecule has 0 bridgehead atoms. The molecule has 0 atom stereocenters. The molecule has 1 saturated heterocycles. The zero-order valence-corrected chi connectivity index (χ0v) is 19.1. The van der Waals surface area contributed by atoms with E-state index < -0.39 is 27.5 Å². The zero-order valence-electron chi connectivity index (χ0n) is 18.3. The number of nitrogens with zero attached hydrogens (tertiary/aromatic N) is 4. The third kappa shape index (κ3) is 5.75. The van der Waals surface area contributed by atoms with E-state index in [1.54, 1.807) is 19.2 Å². The number of sulfonamides is 1. The Morgan fingerprint density at radius 1 is 1.06 bits per heavy atom. The van der Waals surface area contributed by atoms with Crippen molar-refractivity contribution in [3.63, 3.8) is 0 Å². The molecule has 0 N–H and O–H groups in total. The summed E-state index contributed by atoms with van der Waals surface area (Å²) in [7, 11) is -2.17. The van der Waals surface area contributed by atoms with E-state index >= 15 is 0 Å². The first-order valence-corrected chi connectivity index (χ1v) is 12.1. The third-order valence-corrected chi connectivity index (χ3v) is 7.35. The van der Waals surface area contributed by atoms with Gasteiger partial charge in [-0.3, -0.25) is 4.90 Å². The van der Waals surface area contributed by atoms with Crippen molar-refractivity contribution in [2.75, 3.05) is 33.3 Å². The van der Waals surface area contributed by atoms with Crippen LogP contribution < -0.4 is 4.74 Å². The standard InChI is InChI=1S/C22H23F3N4O4S/c1-32-19-7-5-17(6-8-19)21-26-20(33-27-21)14-28-9-11-29(12-10-28)34(30,31)15-16-3-2-4-18(13-16)22(23,24)25/h2-8,13H,9-12,14-15H2,1H3. The molecule has 0 spiro atoms. The maximum atomic E-state index is 12.9. The van der Waals surface area contributed by atoms with Gasteiger partial charge in [0, 0.05) is 31.7 Å². The van der Waals surface area contributed by atoms with Gasteiger partial charge in [0.1, 0.15) is 5.75 Å². The minimum atomic E-state index is -4.52. The van der Waals surface area contributed by atoms with Crippen LogP contribution in [0.15, 0.2) is 53.1 Å². The first-order valence-electron chi connectivity index (χ1n) is 10.5. The Kier molecular flexibility index (Phi) is 6.91. The molecule has 0 radical (unpaired) electrons. The smallest absolute Gasteiger partial charge is 0.416 e. The number of piperazine rings is 1. The summed E-state index contributed by atoms with van der Waals surface area (Å²) in [5, 5.41) is 3.99. The SMILES string of the molecule is COc1ccc(-c2noc(CN3CCN(S(=O)(=O)Cc4cccc(C(F)(F)F)c4)CC3)n2)cc1. The molecular formula is C22H23F3N4O4S. The summed E-state index contributed by atoms with van der Waals surface area (Å²) < 4.78 is 76.1. The van der Waals surface area contributed by atoms with Crippen LogP contribution in [0.2, 0.25) is 0 Å². The van der Waals surface area contributed by atoms with Crippen LogP contribution >= 0.6 is 0 Å². The fourth-order valence-corrected chi connectivity index (χ4v) is 5.18. The van der Waals surface area contributed by atoms with Gasteiger partial charge in [-0.05, 0) is 35.9 Å². The van der Waals surface area contributed by atoms with Gasteiger partial charge in [-0.15, -0.1) is 0 Å². The Balaban J connectivity index is 1.33. The van der Waals surface area contributed by atoms with Crippen LogP contribution in [-0.4, -0.2) is 61.1 Å². The third-order valence-electron chi connectivity index (χ3n) is 5.50. The van der Waals surface area contributed by atoms with Crippen molar-refractivity contribution in [2.24, 2.45) is 0 Å². The molecule has 4 rings (SSSR count). The van der Waals surface area contributed by atoms with Crippen molar-refractivity contribution >= 4 is 10.0 Å². The highest BCUT2D eigenvalue weighted by molar-refractivity contribution is 7.88. The van der Waals surface area contributed by atoms with Crippen LogP contribution in [0, 0.1) is 0 Å². The Labute approximate surface area is 195 Å². The maximum Gasteiger partial charge on any atom is 0.416 e. The van der Waals surface area contributed by atoms with Gasteiger partial charge in [0.15, 0.2) is 0 Å². The Morgan fingerprint density at radius 3 is 2.41 bits per heavy atom. The average molecular weight is 497 g/mol. The van der Waals surface area contributed by atoms with Crippen molar-refractivity contribution in [3.8, 4) is 17.1 Å². The monoisotopic (exact) mass is 496 g/mol. The Morgan fingerprint density at radius 2 is 1.76 bits per heavy atom. The van der Waals surface area contributed by atoms with Crippen LogP contribution in [-0.2, 0) is 28.5 Å². The minimum Gasteiger partial charge on any atom is -0.497 e. The van der Waals surface area contributed by atoms with Crippen LogP contribution in [0.25, 0.3) is 11.4 Å². The fourth-order valence-electron chi connectivity index (χ4n) is 3.67. The summed E-state index contributed by atoms with van der Waals surface area (Å²) in [6.07, 6.45) is -4.52. The summed E-state index contributed by atoms with van der Waals surface area (Å²) in [4.78, 5) is 6.39. The van der Waals surface area contributed by atoms with Gasteiger partial charge in [0.25, 0.3) is 0 Å². The van der Waals surface area contributed by atoms with E-state index in [9.17, 15) is 21.6 Å². The van der Waals surface area contributed by atoms with Crippen molar-refractivity contribution in [2.45, 2.75) is 18.5 Å². The van der Waals surface area contributed by atoms with Gasteiger partial charge in [0.05, 0.1) is 25.0 Å². The van der Waals surface area contributed by atoms with Crippen molar-refractivity contribution in [1.29, 1.82) is 0 Å². The molecule has 1 aliphatic heterocycles. The van der Waals surface area contributed by atoms with E-state index in [1.165, 1.54) is 16.4 Å². The number of aromatic nitrogens is 2. The highest BCUT2D eigenvalue weighted by Crippen LogP contribution is 2.30. The number of hydrogen-bond donors (Lipinski definition) is 0. The van der Waals surface area contributed by atoms with E-state index in [-0.39, 0.29) is 18.7 Å². The van der Waals surface area contributed by atoms with Crippen LogP contribution in [0.4, 0.5) is 13.2 Å². The van der Waals surface area contributed by atoms with Crippen molar-refractivity contribution in [3.05, 3.63) is 65.5 Å². The lowest BCUT2D eigenvalue weighted by molar-refractivity contribution is -0.137. The molecule has 1 aromatic heterocycles. The molecule has 8 nitrogen and oxygen atoms in total. The van der Waals surface area contributed by atoms with E-state index in [0.717, 1.165) is 17.7 Å². The maximum absolute atomic E-state index is 12.9. The normalized spacial score (nSPS) is 16.0. The number of benzene rings is 2. The zero-order chi connectivity index (χ0) is 24.3. The van der Waals surface area contributed by atoms with Crippen molar-refractivity contribution in [1.82, 2.24) is 19.3 Å². The Bertz CT molecular complexity index is 1220. The van der Waals surface area contributed by atoms with E-state index in [1.807, 2.05) is 17.0 Å². The predicted octanol–water partition coefficient (Wildman–Crippen LogP) is 3.41. The molecule has 0 saturated carbocycles. The second-order valence-electron chi connectivity index (χ2n) is 7.87. The number of ether oxygens (including phenoxy) is 1. The summed E-state index contributed by atoms with van der Waals surface area (Å²) in [5.74, 6) is 1.09. The molecule has 1 aliphatic rings. The number of halogens is 3. The molecular weight excluding hydrogens is 473 g/mol. The fraction of sp³-hybridized carbons (Fsp3) is 0.364.